The Balaban J connectivity index is 1.85. The summed E-state index contributed by atoms with van der Waals surface area (Å²) in [5.41, 5.74) is 1.92. The molecule has 1 saturated heterocycles. The van der Waals surface area contributed by atoms with Crippen LogP contribution in [0.5, 0.6) is 0 Å². The van der Waals surface area contributed by atoms with Crippen LogP contribution in [0.4, 0.5) is 0 Å². The van der Waals surface area contributed by atoms with Crippen molar-refractivity contribution in [2.75, 3.05) is 13.7 Å². The number of benzene rings is 1. The number of pyridine rings is 1. The first-order chi connectivity index (χ1) is 11.3. The first kappa shape index (κ1) is 15.7. The molecule has 4 nitrogen and oxygen atoms in total. The Morgan fingerprint density at radius 3 is 2.65 bits per heavy atom. The highest BCUT2D eigenvalue weighted by atomic mass is 16.5. The zero-order valence-electron chi connectivity index (χ0n) is 13.4. The number of carbonyl (C=O) groups is 1. The van der Waals surface area contributed by atoms with Gasteiger partial charge in [-0.1, -0.05) is 30.3 Å². The zero-order valence-corrected chi connectivity index (χ0v) is 13.4. The quantitative estimate of drug-likeness (QED) is 0.872. The van der Waals surface area contributed by atoms with E-state index in [-0.39, 0.29) is 18.1 Å². The minimum atomic E-state index is 0.0649. The van der Waals surface area contributed by atoms with Crippen molar-refractivity contribution in [2.45, 2.75) is 31.4 Å². The molecule has 2 atom stereocenters. The van der Waals surface area contributed by atoms with Gasteiger partial charge in [-0.25, -0.2) is 0 Å². The molecule has 1 amide bonds. The molecule has 1 aromatic carbocycles. The summed E-state index contributed by atoms with van der Waals surface area (Å²) in [5, 5.41) is 0. The second kappa shape index (κ2) is 7.38. The predicted molar refractivity (Wildman–Crippen MR) is 89.2 cm³/mol. The summed E-state index contributed by atoms with van der Waals surface area (Å²) in [6.45, 7) is 0.776. The van der Waals surface area contributed by atoms with Crippen LogP contribution in [0.15, 0.2) is 54.9 Å². The van der Waals surface area contributed by atoms with Crippen molar-refractivity contribution < 1.29 is 9.53 Å². The van der Waals surface area contributed by atoms with Gasteiger partial charge in [0.1, 0.15) is 0 Å². The number of amides is 1. The SMILES string of the molecule is CO[C@H]1CCCN(C(=O)c2ccncc2)[C@H]1Cc1ccccc1. The van der Waals surface area contributed by atoms with Crippen molar-refractivity contribution >= 4 is 5.91 Å². The normalized spacial score (nSPS) is 21.2. The lowest BCUT2D eigenvalue weighted by atomic mass is 9.92. The van der Waals surface area contributed by atoms with E-state index in [4.69, 9.17) is 4.74 Å². The molecular formula is C19H22N2O2. The van der Waals surface area contributed by atoms with Crippen LogP contribution in [0.25, 0.3) is 0 Å². The van der Waals surface area contributed by atoms with Crippen LogP contribution in [0.3, 0.4) is 0 Å². The molecule has 1 aliphatic rings. The van der Waals surface area contributed by atoms with Gasteiger partial charge in [0.2, 0.25) is 0 Å². The second-order valence-electron chi connectivity index (χ2n) is 5.91. The summed E-state index contributed by atoms with van der Waals surface area (Å²) in [6.07, 6.45) is 6.19. The molecule has 120 valence electrons. The maximum absolute atomic E-state index is 12.9. The number of carbonyl (C=O) groups excluding carboxylic acids is 1. The largest absolute Gasteiger partial charge is 0.379 e. The Labute approximate surface area is 137 Å². The Hall–Kier alpha value is -2.20. The van der Waals surface area contributed by atoms with Crippen molar-refractivity contribution in [3.05, 3.63) is 66.0 Å². The van der Waals surface area contributed by atoms with Crippen molar-refractivity contribution in [1.29, 1.82) is 0 Å². The van der Waals surface area contributed by atoms with E-state index < -0.39 is 0 Å². The molecular weight excluding hydrogens is 288 g/mol. The van der Waals surface area contributed by atoms with Crippen LogP contribution in [-0.2, 0) is 11.2 Å². The van der Waals surface area contributed by atoms with Gasteiger partial charge >= 0.3 is 0 Å². The van der Waals surface area contributed by atoms with Gasteiger partial charge in [0.05, 0.1) is 12.1 Å². The molecule has 0 unspecified atom stereocenters. The average Bonchev–Trinajstić information content (AvgIpc) is 2.63. The molecule has 2 heterocycles. The van der Waals surface area contributed by atoms with Gasteiger partial charge in [-0.2, -0.15) is 0 Å². The van der Waals surface area contributed by atoms with Gasteiger partial charge in [0, 0.05) is 31.6 Å². The lowest BCUT2D eigenvalue weighted by Gasteiger charge is -2.41. The van der Waals surface area contributed by atoms with Gasteiger partial charge in [-0.05, 0) is 37.0 Å². The maximum Gasteiger partial charge on any atom is 0.254 e. The topological polar surface area (TPSA) is 42.4 Å². The van der Waals surface area contributed by atoms with E-state index in [1.54, 1.807) is 31.6 Å². The first-order valence-electron chi connectivity index (χ1n) is 8.07. The highest BCUT2D eigenvalue weighted by Crippen LogP contribution is 2.25. The van der Waals surface area contributed by atoms with Crippen LogP contribution in [0.1, 0.15) is 28.8 Å². The molecule has 0 radical (unpaired) electrons. The molecule has 3 rings (SSSR count). The minimum absolute atomic E-state index is 0.0649. The average molecular weight is 310 g/mol. The van der Waals surface area contributed by atoms with E-state index in [2.05, 4.69) is 17.1 Å². The minimum Gasteiger partial charge on any atom is -0.379 e. The molecule has 1 fully saturated rings. The monoisotopic (exact) mass is 310 g/mol. The Morgan fingerprint density at radius 1 is 1.22 bits per heavy atom. The Morgan fingerprint density at radius 2 is 1.96 bits per heavy atom. The third-order valence-electron chi connectivity index (χ3n) is 4.50. The molecule has 2 aromatic rings. The number of likely N-dealkylation sites (tertiary alicyclic amines) is 1. The van der Waals surface area contributed by atoms with Crippen molar-refractivity contribution in [3.8, 4) is 0 Å². The number of hydrogen-bond donors (Lipinski definition) is 0. The van der Waals surface area contributed by atoms with Crippen LogP contribution < -0.4 is 0 Å². The number of aromatic nitrogens is 1. The molecule has 1 aliphatic heterocycles. The standard InChI is InChI=1S/C19H22N2O2/c1-23-18-8-5-13-21(19(22)16-9-11-20-12-10-16)17(18)14-15-6-3-2-4-7-15/h2-4,6-7,9-12,17-18H,5,8,13-14H2,1H3/t17-,18-/m0/s1. The molecule has 0 bridgehead atoms. The molecule has 23 heavy (non-hydrogen) atoms. The lowest BCUT2D eigenvalue weighted by Crippen LogP contribution is -2.52. The van der Waals surface area contributed by atoms with Crippen LogP contribution >= 0.6 is 0 Å². The highest BCUT2D eigenvalue weighted by Gasteiger charge is 2.34. The summed E-state index contributed by atoms with van der Waals surface area (Å²) in [7, 11) is 1.74. The fraction of sp³-hybridized carbons (Fsp3) is 0.368. The summed E-state index contributed by atoms with van der Waals surface area (Å²) >= 11 is 0. The maximum atomic E-state index is 12.9. The fourth-order valence-corrected chi connectivity index (χ4v) is 3.31. The van der Waals surface area contributed by atoms with Gasteiger partial charge in [0.25, 0.3) is 5.91 Å². The molecule has 0 N–H and O–H groups in total. The second-order valence-corrected chi connectivity index (χ2v) is 5.91. The predicted octanol–water partition coefficient (Wildman–Crippen LogP) is 2.94. The summed E-state index contributed by atoms with van der Waals surface area (Å²) in [4.78, 5) is 18.9. The lowest BCUT2D eigenvalue weighted by molar-refractivity contribution is -0.0117. The summed E-state index contributed by atoms with van der Waals surface area (Å²) in [5.74, 6) is 0.0649. The third kappa shape index (κ3) is 3.59. The third-order valence-corrected chi connectivity index (χ3v) is 4.50. The molecule has 1 aromatic heterocycles. The van der Waals surface area contributed by atoms with E-state index in [1.807, 2.05) is 23.1 Å². The van der Waals surface area contributed by atoms with Gasteiger partial charge in [-0.15, -0.1) is 0 Å². The van der Waals surface area contributed by atoms with E-state index in [0.717, 1.165) is 25.8 Å². The number of ether oxygens (including phenoxy) is 1. The fourth-order valence-electron chi connectivity index (χ4n) is 3.31. The van der Waals surface area contributed by atoms with Gasteiger partial charge in [0.15, 0.2) is 0 Å². The number of rotatable bonds is 4. The van der Waals surface area contributed by atoms with Gasteiger partial charge in [-0.3, -0.25) is 9.78 Å². The van der Waals surface area contributed by atoms with Crippen molar-refractivity contribution in [2.24, 2.45) is 0 Å². The van der Waals surface area contributed by atoms with E-state index in [1.165, 1.54) is 5.56 Å². The smallest absolute Gasteiger partial charge is 0.254 e. The van der Waals surface area contributed by atoms with Crippen LogP contribution in [-0.4, -0.2) is 41.6 Å². The summed E-state index contributed by atoms with van der Waals surface area (Å²) in [6, 6.07) is 13.9. The number of piperidine rings is 1. The van der Waals surface area contributed by atoms with Crippen molar-refractivity contribution in [1.82, 2.24) is 9.88 Å². The molecule has 4 heteroatoms. The Bertz CT molecular complexity index is 630. The molecule has 0 saturated carbocycles. The number of methoxy groups -OCH3 is 1. The van der Waals surface area contributed by atoms with Crippen LogP contribution in [0.2, 0.25) is 0 Å². The molecule has 0 spiro atoms. The summed E-state index contributed by atoms with van der Waals surface area (Å²) < 4.78 is 5.69. The Kier molecular flexibility index (Phi) is 5.03. The number of hydrogen-bond acceptors (Lipinski definition) is 3. The first-order valence-corrected chi connectivity index (χ1v) is 8.07. The van der Waals surface area contributed by atoms with E-state index in [0.29, 0.717) is 5.56 Å². The van der Waals surface area contributed by atoms with Crippen LogP contribution in [0, 0.1) is 0 Å². The highest BCUT2D eigenvalue weighted by molar-refractivity contribution is 5.94. The number of nitrogens with zero attached hydrogens (tertiary/aromatic N) is 2. The zero-order chi connectivity index (χ0) is 16.1. The van der Waals surface area contributed by atoms with E-state index in [9.17, 15) is 4.79 Å². The van der Waals surface area contributed by atoms with E-state index >= 15 is 0 Å². The van der Waals surface area contributed by atoms with Gasteiger partial charge < -0.3 is 9.64 Å². The van der Waals surface area contributed by atoms with Crippen molar-refractivity contribution in [3.63, 3.8) is 0 Å². The molecule has 0 aliphatic carbocycles.